The Morgan fingerprint density at radius 1 is 1.16 bits per heavy atom. The summed E-state index contributed by atoms with van der Waals surface area (Å²) in [5.41, 5.74) is 1.12. The molecule has 1 aromatic carbocycles. The van der Waals surface area contributed by atoms with Crippen LogP contribution in [0, 0.1) is 11.7 Å². The standard InChI is InChI=1S/C18H22FN3O3/c19-14-3-1-12(2-4-14)11-13-7-9-22(10-8-13)16(23)6-5-15-17(24)21-18(25)20-15/h1-4,13,15H,5-11H2,(H2,20,21,24,25)/t15-/m1/s1. The van der Waals surface area contributed by atoms with Crippen molar-refractivity contribution >= 4 is 17.8 Å². The van der Waals surface area contributed by atoms with Gasteiger partial charge < -0.3 is 10.2 Å². The fraction of sp³-hybridized carbons (Fsp3) is 0.500. The first-order valence-electron chi connectivity index (χ1n) is 8.65. The molecule has 1 atom stereocenters. The number of hydrogen-bond acceptors (Lipinski definition) is 3. The Hall–Kier alpha value is -2.44. The first-order valence-corrected chi connectivity index (χ1v) is 8.65. The van der Waals surface area contributed by atoms with Gasteiger partial charge in [0.1, 0.15) is 11.9 Å². The molecule has 0 unspecified atom stereocenters. The van der Waals surface area contributed by atoms with Crippen molar-refractivity contribution in [3.05, 3.63) is 35.6 Å². The molecule has 2 heterocycles. The number of carbonyl (C=O) groups excluding carboxylic acids is 3. The molecule has 0 aliphatic carbocycles. The van der Waals surface area contributed by atoms with E-state index in [2.05, 4.69) is 10.6 Å². The van der Waals surface area contributed by atoms with Crippen LogP contribution >= 0.6 is 0 Å². The van der Waals surface area contributed by atoms with Gasteiger partial charge in [-0.15, -0.1) is 0 Å². The van der Waals surface area contributed by atoms with E-state index in [1.165, 1.54) is 12.1 Å². The van der Waals surface area contributed by atoms with Crippen LogP contribution in [0.15, 0.2) is 24.3 Å². The van der Waals surface area contributed by atoms with Crippen molar-refractivity contribution in [3.8, 4) is 0 Å². The van der Waals surface area contributed by atoms with E-state index in [0.717, 1.165) is 24.8 Å². The van der Waals surface area contributed by atoms with Crippen molar-refractivity contribution in [3.63, 3.8) is 0 Å². The topological polar surface area (TPSA) is 78.5 Å². The summed E-state index contributed by atoms with van der Waals surface area (Å²) in [5.74, 6) is -0.0734. The Bertz CT molecular complexity index is 654. The molecule has 0 bridgehead atoms. The molecule has 7 heteroatoms. The van der Waals surface area contributed by atoms with E-state index >= 15 is 0 Å². The van der Waals surface area contributed by atoms with Crippen LogP contribution in [0.25, 0.3) is 0 Å². The van der Waals surface area contributed by atoms with Crippen LogP contribution in [-0.2, 0) is 16.0 Å². The van der Waals surface area contributed by atoms with Crippen LogP contribution in [-0.4, -0.2) is 41.9 Å². The quantitative estimate of drug-likeness (QED) is 0.794. The molecule has 1 aromatic rings. The van der Waals surface area contributed by atoms with Crippen molar-refractivity contribution in [2.24, 2.45) is 5.92 Å². The van der Waals surface area contributed by atoms with Crippen LogP contribution in [0.3, 0.4) is 0 Å². The Morgan fingerprint density at radius 3 is 2.44 bits per heavy atom. The summed E-state index contributed by atoms with van der Waals surface area (Å²) in [5, 5.41) is 4.67. The summed E-state index contributed by atoms with van der Waals surface area (Å²) in [6.07, 6.45) is 3.32. The number of urea groups is 1. The lowest BCUT2D eigenvalue weighted by atomic mass is 9.90. The number of hydrogen-bond donors (Lipinski definition) is 2. The van der Waals surface area contributed by atoms with E-state index in [0.29, 0.717) is 25.4 Å². The number of carbonyl (C=O) groups is 3. The zero-order valence-electron chi connectivity index (χ0n) is 14.0. The zero-order valence-corrected chi connectivity index (χ0v) is 14.0. The fourth-order valence-electron chi connectivity index (χ4n) is 3.43. The molecule has 2 aliphatic heterocycles. The van der Waals surface area contributed by atoms with Gasteiger partial charge in [-0.25, -0.2) is 9.18 Å². The lowest BCUT2D eigenvalue weighted by Gasteiger charge is -2.32. The van der Waals surface area contributed by atoms with Crippen LogP contribution in [0.2, 0.25) is 0 Å². The third-order valence-corrected chi connectivity index (χ3v) is 4.91. The Kier molecular flexibility index (Phi) is 5.31. The van der Waals surface area contributed by atoms with E-state index in [-0.39, 0.29) is 24.1 Å². The third kappa shape index (κ3) is 4.55. The Balaban J connectivity index is 1.41. The van der Waals surface area contributed by atoms with Gasteiger partial charge in [-0.3, -0.25) is 14.9 Å². The van der Waals surface area contributed by atoms with E-state index in [1.807, 2.05) is 17.0 Å². The lowest BCUT2D eigenvalue weighted by Crippen LogP contribution is -2.40. The molecule has 0 saturated carbocycles. The molecule has 0 spiro atoms. The maximum atomic E-state index is 12.9. The summed E-state index contributed by atoms with van der Waals surface area (Å²) in [4.78, 5) is 36.6. The molecule has 134 valence electrons. The van der Waals surface area contributed by atoms with Gasteiger partial charge in [-0.05, 0) is 49.3 Å². The Labute approximate surface area is 145 Å². The van der Waals surface area contributed by atoms with Gasteiger partial charge in [-0.1, -0.05) is 12.1 Å². The van der Waals surface area contributed by atoms with Crippen molar-refractivity contribution in [2.45, 2.75) is 38.1 Å². The van der Waals surface area contributed by atoms with Gasteiger partial charge in [-0.2, -0.15) is 0 Å². The predicted octanol–water partition coefficient (Wildman–Crippen LogP) is 1.59. The number of likely N-dealkylation sites (tertiary alicyclic amines) is 1. The highest BCUT2D eigenvalue weighted by Gasteiger charge is 2.30. The molecule has 2 saturated heterocycles. The van der Waals surface area contributed by atoms with Crippen molar-refractivity contribution < 1.29 is 18.8 Å². The fourth-order valence-corrected chi connectivity index (χ4v) is 3.43. The molecule has 3 rings (SSSR count). The average Bonchev–Trinajstić information content (AvgIpc) is 2.93. The minimum atomic E-state index is -0.604. The minimum absolute atomic E-state index is 0.0224. The normalized spacial score (nSPS) is 21.2. The second kappa shape index (κ2) is 7.63. The van der Waals surface area contributed by atoms with Gasteiger partial charge in [0.25, 0.3) is 5.91 Å². The summed E-state index contributed by atoms with van der Waals surface area (Å²) >= 11 is 0. The Morgan fingerprint density at radius 2 is 1.84 bits per heavy atom. The molecular formula is C18H22FN3O3. The summed E-state index contributed by atoms with van der Waals surface area (Å²) in [7, 11) is 0. The predicted molar refractivity (Wildman–Crippen MR) is 89.1 cm³/mol. The van der Waals surface area contributed by atoms with Crippen LogP contribution < -0.4 is 10.6 Å². The van der Waals surface area contributed by atoms with Crippen LogP contribution in [0.4, 0.5) is 9.18 Å². The van der Waals surface area contributed by atoms with Crippen molar-refractivity contribution in [1.29, 1.82) is 0 Å². The van der Waals surface area contributed by atoms with E-state index < -0.39 is 12.1 Å². The van der Waals surface area contributed by atoms with Gasteiger partial charge in [0.15, 0.2) is 0 Å². The highest BCUT2D eigenvalue weighted by molar-refractivity contribution is 6.04. The summed E-state index contributed by atoms with van der Waals surface area (Å²) in [6, 6.07) is 5.48. The lowest BCUT2D eigenvalue weighted by molar-refractivity contribution is -0.132. The number of imide groups is 1. The molecular weight excluding hydrogens is 325 g/mol. The molecule has 6 nitrogen and oxygen atoms in total. The highest BCUT2D eigenvalue weighted by Crippen LogP contribution is 2.22. The molecule has 0 aromatic heterocycles. The van der Waals surface area contributed by atoms with E-state index in [9.17, 15) is 18.8 Å². The third-order valence-electron chi connectivity index (χ3n) is 4.91. The number of amides is 4. The van der Waals surface area contributed by atoms with Crippen LogP contribution in [0.1, 0.15) is 31.2 Å². The zero-order chi connectivity index (χ0) is 17.8. The monoisotopic (exact) mass is 347 g/mol. The van der Waals surface area contributed by atoms with Crippen LogP contribution in [0.5, 0.6) is 0 Å². The first-order chi connectivity index (χ1) is 12.0. The highest BCUT2D eigenvalue weighted by atomic mass is 19.1. The maximum absolute atomic E-state index is 12.9. The number of rotatable bonds is 5. The number of benzene rings is 1. The number of piperidine rings is 1. The second-order valence-electron chi connectivity index (χ2n) is 6.71. The van der Waals surface area contributed by atoms with Gasteiger partial charge >= 0.3 is 6.03 Å². The molecule has 2 N–H and O–H groups in total. The minimum Gasteiger partial charge on any atom is -0.343 e. The van der Waals surface area contributed by atoms with Crippen molar-refractivity contribution in [1.82, 2.24) is 15.5 Å². The number of nitrogens with zero attached hydrogens (tertiary/aromatic N) is 1. The van der Waals surface area contributed by atoms with E-state index in [1.54, 1.807) is 0 Å². The maximum Gasteiger partial charge on any atom is 0.322 e. The average molecular weight is 347 g/mol. The van der Waals surface area contributed by atoms with Gasteiger partial charge in [0.2, 0.25) is 5.91 Å². The van der Waals surface area contributed by atoms with Gasteiger partial charge in [0, 0.05) is 19.5 Å². The first kappa shape index (κ1) is 17.4. The van der Waals surface area contributed by atoms with Crippen molar-refractivity contribution in [2.75, 3.05) is 13.1 Å². The number of nitrogens with one attached hydrogen (secondary N) is 2. The summed E-state index contributed by atoms with van der Waals surface area (Å²) < 4.78 is 12.9. The SMILES string of the molecule is O=C1NC(=O)[C@@H](CCC(=O)N2CCC(Cc3ccc(F)cc3)CC2)N1. The summed E-state index contributed by atoms with van der Waals surface area (Å²) in [6.45, 7) is 1.40. The largest absolute Gasteiger partial charge is 0.343 e. The molecule has 0 radical (unpaired) electrons. The smallest absolute Gasteiger partial charge is 0.322 e. The number of halogens is 1. The molecule has 25 heavy (non-hydrogen) atoms. The molecule has 2 aliphatic rings. The molecule has 2 fully saturated rings. The molecule has 4 amide bonds. The van der Waals surface area contributed by atoms with Gasteiger partial charge in [0.05, 0.1) is 0 Å². The van der Waals surface area contributed by atoms with E-state index in [4.69, 9.17) is 0 Å². The second-order valence-corrected chi connectivity index (χ2v) is 6.71.